The van der Waals surface area contributed by atoms with Crippen molar-refractivity contribution in [3.63, 3.8) is 0 Å². The monoisotopic (exact) mass is 392 g/mol. The van der Waals surface area contributed by atoms with Crippen LogP contribution >= 0.6 is 0 Å². The number of nitrogens with one attached hydrogen (secondary N) is 2. The summed E-state index contributed by atoms with van der Waals surface area (Å²) in [6.07, 6.45) is -11.6. The second-order valence-corrected chi connectivity index (χ2v) is 7.31. The molecule has 0 aromatic rings. The van der Waals surface area contributed by atoms with Gasteiger partial charge in [0.05, 0.1) is 5.92 Å². The Morgan fingerprint density at radius 1 is 1.30 bits per heavy atom. The zero-order valence-corrected chi connectivity index (χ0v) is 13.6. The van der Waals surface area contributed by atoms with Gasteiger partial charge in [0.1, 0.15) is 48.1 Å². The molecule has 3 saturated heterocycles. The van der Waals surface area contributed by atoms with E-state index in [0.29, 0.717) is 0 Å². The number of aliphatic carboxylic acids is 1. The minimum Gasteiger partial charge on any atom is -0.805 e. The van der Waals surface area contributed by atoms with Crippen molar-refractivity contribution in [1.82, 2.24) is 5.32 Å². The summed E-state index contributed by atoms with van der Waals surface area (Å²) in [5.74, 6) is -6.37. The molecule has 1 aliphatic carbocycles. The molecule has 4 aliphatic heterocycles. The summed E-state index contributed by atoms with van der Waals surface area (Å²) in [5.41, 5.74) is 6.33. The van der Waals surface area contributed by atoms with E-state index in [9.17, 15) is 35.4 Å². The Morgan fingerprint density at radius 3 is 2.48 bits per heavy atom. The summed E-state index contributed by atoms with van der Waals surface area (Å²) < 4.78 is 10.1. The molecular formula is C13H20N4O10. The molecule has 0 aromatic carbocycles. The van der Waals surface area contributed by atoms with Gasteiger partial charge in [0.25, 0.3) is 0 Å². The van der Waals surface area contributed by atoms with Crippen LogP contribution < -0.4 is 26.9 Å². The van der Waals surface area contributed by atoms with Crippen LogP contribution in [0.2, 0.25) is 0 Å². The second kappa shape index (κ2) is 5.25. The van der Waals surface area contributed by atoms with Gasteiger partial charge >= 0.3 is 11.9 Å². The van der Waals surface area contributed by atoms with Crippen molar-refractivity contribution in [2.75, 3.05) is 0 Å². The Morgan fingerprint density at radius 2 is 1.89 bits per heavy atom. The minimum atomic E-state index is -2.98. The fourth-order valence-corrected chi connectivity index (χ4v) is 4.80. The average molecular weight is 392 g/mol. The second-order valence-electron chi connectivity index (χ2n) is 7.31. The maximum atomic E-state index is 12.8. The van der Waals surface area contributed by atoms with Gasteiger partial charge in [-0.25, -0.2) is 0 Å². The van der Waals surface area contributed by atoms with E-state index in [1.165, 1.54) is 0 Å². The van der Waals surface area contributed by atoms with Crippen molar-refractivity contribution in [2.24, 2.45) is 17.4 Å². The number of hydrogen-bond acceptors (Lipinski definition) is 12. The normalized spacial score (nSPS) is 55.3. The molecule has 4 heterocycles. The summed E-state index contributed by atoms with van der Waals surface area (Å²) >= 11 is 0. The Bertz CT molecular complexity index is 723. The maximum absolute atomic E-state index is 12.8. The van der Waals surface area contributed by atoms with Gasteiger partial charge in [-0.2, -0.15) is 0 Å². The van der Waals surface area contributed by atoms with Crippen LogP contribution in [0.3, 0.4) is 0 Å². The van der Waals surface area contributed by atoms with Crippen LogP contribution in [-0.4, -0.2) is 102 Å². The summed E-state index contributed by atoms with van der Waals surface area (Å²) in [6, 6.07) is -2.03. The molecule has 1 spiro atoms. The Balaban J connectivity index is 1.89. The third-order valence-electron chi connectivity index (χ3n) is 6.03. The van der Waals surface area contributed by atoms with Gasteiger partial charge in [-0.15, -0.1) is 0 Å². The standard InChI is InChI=1S/C13H19N4O10/c14-2(8(21)22)3(18)12(24)5-1-7(20)16-10(15)17-11(1)4(19)6(12)27-13(25,26-5)9(11)23/h1-7,9,18-20,23-24H,14H2,(H,21,22)(H3,15,16,17)/q-1/p+1/t1-,2+,3-,4?,5-,6+,7-,9+,11-,12+,13+/m1/s1. The third-order valence-corrected chi connectivity index (χ3v) is 6.03. The topological polar surface area (TPSA) is 258 Å². The fraction of sp³-hybridized carbons (Fsp3) is 0.846. The van der Waals surface area contributed by atoms with Crippen molar-refractivity contribution >= 4 is 11.9 Å². The van der Waals surface area contributed by atoms with Gasteiger partial charge in [0.15, 0.2) is 11.8 Å². The van der Waals surface area contributed by atoms with Crippen LogP contribution in [0.25, 0.3) is 0 Å². The number of nitrogens with two attached hydrogens (primary N) is 2. The Labute approximate surface area is 150 Å². The summed E-state index contributed by atoms with van der Waals surface area (Å²) in [5, 5.41) is 77.7. The molecule has 5 aliphatic rings. The number of carboxylic acids is 1. The molecule has 4 fully saturated rings. The Hall–Kier alpha value is -1.62. The number of aliphatic hydroxyl groups excluding tert-OH is 4. The molecule has 12 N–H and O–H groups in total. The lowest BCUT2D eigenvalue weighted by Crippen LogP contribution is -3.05. The van der Waals surface area contributed by atoms with Gasteiger partial charge in [-0.1, -0.05) is 0 Å². The van der Waals surface area contributed by atoms with Crippen LogP contribution in [0.15, 0.2) is 0 Å². The maximum Gasteiger partial charge on any atom is 0.343 e. The van der Waals surface area contributed by atoms with Crippen molar-refractivity contribution in [3.8, 4) is 0 Å². The highest BCUT2D eigenvalue weighted by Crippen LogP contribution is 2.57. The van der Waals surface area contributed by atoms with E-state index in [0.717, 1.165) is 0 Å². The van der Waals surface area contributed by atoms with E-state index in [-0.39, 0.29) is 5.96 Å². The van der Waals surface area contributed by atoms with E-state index in [4.69, 9.17) is 26.0 Å². The number of carbonyl (C=O) groups is 1. The molecule has 4 bridgehead atoms. The van der Waals surface area contributed by atoms with Gasteiger partial charge in [0.2, 0.25) is 0 Å². The zero-order valence-electron chi connectivity index (χ0n) is 13.6. The van der Waals surface area contributed by atoms with Crippen LogP contribution in [0.1, 0.15) is 0 Å². The van der Waals surface area contributed by atoms with Gasteiger partial charge in [-0.3, -0.25) is 20.8 Å². The molecule has 11 atom stereocenters. The van der Waals surface area contributed by atoms with Crippen molar-refractivity contribution < 1.29 is 55.0 Å². The van der Waals surface area contributed by atoms with E-state index >= 15 is 0 Å². The molecule has 0 aromatic heterocycles. The minimum absolute atomic E-state index is 0.270. The van der Waals surface area contributed by atoms with E-state index in [1.54, 1.807) is 0 Å². The Kier molecular flexibility index (Phi) is 3.64. The van der Waals surface area contributed by atoms with E-state index in [1.807, 2.05) is 0 Å². The van der Waals surface area contributed by atoms with Crippen LogP contribution in [0, 0.1) is 5.92 Å². The largest absolute Gasteiger partial charge is 0.805 e. The number of ether oxygens (including phenoxy) is 2. The lowest BCUT2D eigenvalue weighted by Gasteiger charge is -2.74. The summed E-state index contributed by atoms with van der Waals surface area (Å²) in [4.78, 5) is 13.5. The van der Waals surface area contributed by atoms with Crippen molar-refractivity contribution in [1.29, 1.82) is 0 Å². The first-order chi connectivity index (χ1) is 12.4. The number of guanidine groups is 1. The third kappa shape index (κ3) is 1.94. The van der Waals surface area contributed by atoms with Crippen LogP contribution in [0.5, 0.6) is 0 Å². The van der Waals surface area contributed by atoms with Crippen LogP contribution in [0.4, 0.5) is 0 Å². The smallest absolute Gasteiger partial charge is 0.343 e. The molecular weight excluding hydrogens is 372 g/mol. The first kappa shape index (κ1) is 18.7. The highest BCUT2D eigenvalue weighted by Gasteiger charge is 2.83. The molecule has 14 nitrogen and oxygen atoms in total. The fourth-order valence-electron chi connectivity index (χ4n) is 4.80. The number of carboxylic acid groups (broad SMARTS) is 1. The molecule has 0 amide bonds. The molecule has 27 heavy (non-hydrogen) atoms. The van der Waals surface area contributed by atoms with Gasteiger partial charge < -0.3 is 51.0 Å². The molecule has 1 unspecified atom stereocenters. The number of hydrogen-bond donors (Lipinski definition) is 10. The molecule has 5 rings (SSSR count). The highest BCUT2D eigenvalue weighted by atomic mass is 16.9. The predicted octanol–water partition coefficient (Wildman–Crippen LogP) is -9.29. The number of rotatable bonds is 3. The highest BCUT2D eigenvalue weighted by molar-refractivity contribution is 5.75. The average Bonchev–Trinajstić information content (AvgIpc) is 2.58. The molecule has 14 heteroatoms. The quantitative estimate of drug-likeness (QED) is 0.214. The van der Waals surface area contributed by atoms with Gasteiger partial charge in [0, 0.05) is 0 Å². The summed E-state index contributed by atoms with van der Waals surface area (Å²) in [7, 11) is 0. The van der Waals surface area contributed by atoms with E-state index < -0.39 is 71.8 Å². The lowest BCUT2D eigenvalue weighted by atomic mass is 9.53. The SMILES string of the molecule is NC1=[NH+][C@H](O)[C@H]2[C@H]3O[C@]4([O-])O[C@@H](C(O)[C@@]2(N1)[C@@H]4O)[C@]3(O)[C@H](O)[C@H](N)C(=O)O. The molecule has 1 saturated carbocycles. The number of aliphatic hydroxyl groups is 5. The first-order valence-corrected chi connectivity index (χ1v) is 8.07. The molecule has 152 valence electrons. The predicted molar refractivity (Wildman–Crippen MR) is 76.6 cm³/mol. The van der Waals surface area contributed by atoms with Gasteiger partial charge in [-0.05, 0) is 0 Å². The van der Waals surface area contributed by atoms with E-state index in [2.05, 4.69) is 10.3 Å². The lowest BCUT2D eigenvalue weighted by molar-refractivity contribution is -0.720. The van der Waals surface area contributed by atoms with Crippen molar-refractivity contribution in [2.45, 2.75) is 59.9 Å². The first-order valence-electron chi connectivity index (χ1n) is 8.07. The van der Waals surface area contributed by atoms with Crippen LogP contribution in [-0.2, 0) is 14.3 Å². The van der Waals surface area contributed by atoms with Crippen molar-refractivity contribution in [3.05, 3.63) is 0 Å². The zero-order chi connectivity index (χ0) is 20.1. The molecule has 0 radical (unpaired) electrons. The summed E-state index contributed by atoms with van der Waals surface area (Å²) in [6.45, 7) is 0.